The Labute approximate surface area is 213 Å². The summed E-state index contributed by atoms with van der Waals surface area (Å²) in [5, 5.41) is 4.14. The van der Waals surface area contributed by atoms with Crippen molar-refractivity contribution in [3.63, 3.8) is 0 Å². The zero-order valence-electron chi connectivity index (χ0n) is 18.9. The molecule has 184 valence electrons. The second kappa shape index (κ2) is 10.8. The summed E-state index contributed by atoms with van der Waals surface area (Å²) in [6.45, 7) is 3.21. The highest BCUT2D eigenvalue weighted by Gasteiger charge is 2.30. The molecule has 35 heavy (non-hydrogen) atoms. The van der Waals surface area contributed by atoms with Gasteiger partial charge < -0.3 is 15.0 Å². The van der Waals surface area contributed by atoms with Crippen LogP contribution in [0.2, 0.25) is 0 Å². The Balaban J connectivity index is 1.46. The highest BCUT2D eigenvalue weighted by molar-refractivity contribution is 7.89. The Hall–Kier alpha value is -2.86. The SMILES string of the molecule is CCOC(=O)c1cc(-c2ccccc2)sc1NC(=S)N1CCN(S(=O)(=O)c2ccc(F)cc2)CC1. The minimum atomic E-state index is -3.72. The van der Waals surface area contributed by atoms with Crippen LogP contribution in [0.15, 0.2) is 65.6 Å². The number of thiocarbonyl (C=S) groups is 1. The van der Waals surface area contributed by atoms with Crippen LogP contribution in [0.25, 0.3) is 10.4 Å². The van der Waals surface area contributed by atoms with Crippen LogP contribution in [-0.4, -0.2) is 61.5 Å². The molecule has 1 aliphatic heterocycles. The molecule has 1 N–H and O–H groups in total. The van der Waals surface area contributed by atoms with E-state index in [-0.39, 0.29) is 24.6 Å². The monoisotopic (exact) mass is 533 g/mol. The molecule has 0 amide bonds. The Kier molecular flexibility index (Phi) is 7.80. The molecule has 0 bridgehead atoms. The van der Waals surface area contributed by atoms with E-state index in [1.165, 1.54) is 27.8 Å². The van der Waals surface area contributed by atoms with E-state index < -0.39 is 21.8 Å². The highest BCUT2D eigenvalue weighted by atomic mass is 32.2. The molecule has 0 spiro atoms. The summed E-state index contributed by atoms with van der Waals surface area (Å²) in [7, 11) is -3.72. The maximum atomic E-state index is 13.2. The first-order valence-electron chi connectivity index (χ1n) is 11.0. The molecule has 4 rings (SSSR count). The molecule has 1 aromatic heterocycles. The van der Waals surface area contributed by atoms with Gasteiger partial charge in [-0.15, -0.1) is 11.3 Å². The molecular weight excluding hydrogens is 509 g/mol. The van der Waals surface area contributed by atoms with Crippen molar-refractivity contribution >= 4 is 49.7 Å². The van der Waals surface area contributed by atoms with Crippen LogP contribution >= 0.6 is 23.6 Å². The van der Waals surface area contributed by atoms with Gasteiger partial charge in [-0.3, -0.25) is 0 Å². The molecular formula is C24H24FN3O4S3. The van der Waals surface area contributed by atoms with Gasteiger partial charge >= 0.3 is 5.97 Å². The quantitative estimate of drug-likeness (QED) is 0.371. The van der Waals surface area contributed by atoms with Gasteiger partial charge in [-0.05, 0) is 55.0 Å². The van der Waals surface area contributed by atoms with Gasteiger partial charge in [0.2, 0.25) is 10.0 Å². The third-order valence-corrected chi connectivity index (χ3v) is 8.86. The van der Waals surface area contributed by atoms with Crippen LogP contribution in [0.1, 0.15) is 17.3 Å². The van der Waals surface area contributed by atoms with Crippen LogP contribution < -0.4 is 5.32 Å². The second-order valence-electron chi connectivity index (χ2n) is 7.72. The number of carbonyl (C=O) groups is 1. The number of halogens is 1. The average Bonchev–Trinajstić information content (AvgIpc) is 3.29. The van der Waals surface area contributed by atoms with E-state index in [4.69, 9.17) is 17.0 Å². The Morgan fingerprint density at radius 3 is 2.37 bits per heavy atom. The van der Waals surface area contributed by atoms with Crippen LogP contribution in [0, 0.1) is 5.82 Å². The number of hydrogen-bond acceptors (Lipinski definition) is 6. The van der Waals surface area contributed by atoms with Gasteiger partial charge in [0.25, 0.3) is 0 Å². The summed E-state index contributed by atoms with van der Waals surface area (Å²) in [6, 6.07) is 16.3. The first-order chi connectivity index (χ1) is 16.8. The van der Waals surface area contributed by atoms with Crippen LogP contribution in [0.3, 0.4) is 0 Å². The van der Waals surface area contributed by atoms with Gasteiger partial charge in [-0.2, -0.15) is 4.31 Å². The van der Waals surface area contributed by atoms with E-state index in [1.54, 1.807) is 13.0 Å². The van der Waals surface area contributed by atoms with E-state index in [1.807, 2.05) is 35.2 Å². The van der Waals surface area contributed by atoms with Gasteiger partial charge in [0.1, 0.15) is 10.8 Å². The van der Waals surface area contributed by atoms with Crippen molar-refractivity contribution in [1.82, 2.24) is 9.21 Å². The number of ether oxygens (including phenoxy) is 1. The van der Waals surface area contributed by atoms with Crippen LogP contribution in [0.4, 0.5) is 9.39 Å². The molecule has 7 nitrogen and oxygen atoms in total. The molecule has 1 saturated heterocycles. The molecule has 3 aromatic rings. The fraction of sp³-hybridized carbons (Fsp3) is 0.250. The molecule has 2 aromatic carbocycles. The zero-order valence-corrected chi connectivity index (χ0v) is 21.4. The van der Waals surface area contributed by atoms with Gasteiger partial charge in [-0.25, -0.2) is 17.6 Å². The highest BCUT2D eigenvalue weighted by Crippen LogP contribution is 2.36. The number of benzene rings is 2. The number of rotatable bonds is 6. The molecule has 11 heteroatoms. The standard InChI is InChI=1S/C24H24FN3O4S3/c1-2-32-23(29)20-16-21(17-6-4-3-5-7-17)34-22(20)26-24(33)27-12-14-28(15-13-27)35(30,31)19-10-8-18(25)9-11-19/h3-11,16H,2,12-15H2,1H3,(H,26,33). The van der Waals surface area contributed by atoms with Crippen molar-refractivity contribution in [2.45, 2.75) is 11.8 Å². The average molecular weight is 534 g/mol. The number of hydrogen-bond donors (Lipinski definition) is 1. The molecule has 0 saturated carbocycles. The third-order valence-electron chi connectivity index (χ3n) is 5.48. The predicted octanol–water partition coefficient (Wildman–Crippen LogP) is 4.43. The molecule has 0 aliphatic carbocycles. The zero-order chi connectivity index (χ0) is 25.0. The lowest BCUT2D eigenvalue weighted by atomic mass is 10.1. The molecule has 0 radical (unpaired) electrons. The number of anilines is 1. The molecule has 2 heterocycles. The van der Waals surface area contributed by atoms with Crippen LogP contribution in [-0.2, 0) is 14.8 Å². The van der Waals surface area contributed by atoms with Crippen molar-refractivity contribution in [3.05, 3.63) is 72.0 Å². The summed E-state index contributed by atoms with van der Waals surface area (Å²) in [6.07, 6.45) is 0. The Bertz CT molecular complexity index is 1300. The largest absolute Gasteiger partial charge is 0.462 e. The summed E-state index contributed by atoms with van der Waals surface area (Å²) in [4.78, 5) is 15.4. The molecule has 0 unspecified atom stereocenters. The molecule has 1 fully saturated rings. The molecule has 1 aliphatic rings. The number of sulfonamides is 1. The summed E-state index contributed by atoms with van der Waals surface area (Å²) in [5.74, 6) is -0.928. The van der Waals surface area contributed by atoms with E-state index in [0.717, 1.165) is 22.6 Å². The fourth-order valence-electron chi connectivity index (χ4n) is 3.65. The molecule has 0 atom stereocenters. The first-order valence-corrected chi connectivity index (χ1v) is 13.6. The van der Waals surface area contributed by atoms with Crippen molar-refractivity contribution in [1.29, 1.82) is 0 Å². The van der Waals surface area contributed by atoms with Crippen molar-refractivity contribution in [2.75, 3.05) is 38.1 Å². The second-order valence-corrected chi connectivity index (χ2v) is 11.1. The maximum Gasteiger partial charge on any atom is 0.341 e. The lowest BCUT2D eigenvalue weighted by Gasteiger charge is -2.35. The third kappa shape index (κ3) is 5.69. The van der Waals surface area contributed by atoms with E-state index in [9.17, 15) is 17.6 Å². The topological polar surface area (TPSA) is 79.0 Å². The van der Waals surface area contributed by atoms with Crippen molar-refractivity contribution in [2.24, 2.45) is 0 Å². The first kappa shape index (κ1) is 25.2. The number of esters is 1. The Morgan fingerprint density at radius 1 is 1.09 bits per heavy atom. The van der Waals surface area contributed by atoms with Crippen molar-refractivity contribution < 1.29 is 22.3 Å². The van der Waals surface area contributed by atoms with Gasteiger partial charge in [0, 0.05) is 31.1 Å². The normalized spacial score (nSPS) is 14.5. The van der Waals surface area contributed by atoms with Gasteiger partial charge in [0.05, 0.1) is 17.1 Å². The number of carbonyl (C=O) groups excluding carboxylic acids is 1. The minimum Gasteiger partial charge on any atom is -0.462 e. The number of thiophene rings is 1. The Morgan fingerprint density at radius 2 is 1.74 bits per heavy atom. The van der Waals surface area contributed by atoms with E-state index >= 15 is 0 Å². The number of piperazine rings is 1. The number of nitrogens with one attached hydrogen (secondary N) is 1. The minimum absolute atomic E-state index is 0.0548. The summed E-state index contributed by atoms with van der Waals surface area (Å²) < 4.78 is 45.5. The number of nitrogens with zero attached hydrogens (tertiary/aromatic N) is 2. The van der Waals surface area contributed by atoms with Gasteiger partial charge in [0.15, 0.2) is 5.11 Å². The van der Waals surface area contributed by atoms with Crippen molar-refractivity contribution in [3.8, 4) is 10.4 Å². The van der Waals surface area contributed by atoms with Gasteiger partial charge in [-0.1, -0.05) is 30.3 Å². The fourth-order valence-corrected chi connectivity index (χ4v) is 6.47. The van der Waals surface area contributed by atoms with Crippen LogP contribution in [0.5, 0.6) is 0 Å². The van der Waals surface area contributed by atoms with E-state index in [2.05, 4.69) is 5.32 Å². The maximum absolute atomic E-state index is 13.2. The van der Waals surface area contributed by atoms with E-state index in [0.29, 0.717) is 28.8 Å². The lowest BCUT2D eigenvalue weighted by molar-refractivity contribution is 0.0528. The summed E-state index contributed by atoms with van der Waals surface area (Å²) in [5.41, 5.74) is 1.37. The predicted molar refractivity (Wildman–Crippen MR) is 139 cm³/mol. The lowest BCUT2D eigenvalue weighted by Crippen LogP contribution is -2.51. The smallest absolute Gasteiger partial charge is 0.341 e. The summed E-state index contributed by atoms with van der Waals surface area (Å²) >= 11 is 6.99.